The number of hydrogen-bond acceptors (Lipinski definition) is 6. The van der Waals surface area contributed by atoms with E-state index in [2.05, 4.69) is 9.88 Å². The van der Waals surface area contributed by atoms with Gasteiger partial charge in [0.1, 0.15) is 5.75 Å². The van der Waals surface area contributed by atoms with Crippen LogP contribution in [0.15, 0.2) is 59.6 Å². The number of ether oxygens (including phenoxy) is 1. The van der Waals surface area contributed by atoms with Gasteiger partial charge in [0, 0.05) is 29.4 Å². The Morgan fingerprint density at radius 1 is 1.20 bits per heavy atom. The first kappa shape index (κ1) is 30.1. The predicted octanol–water partition coefficient (Wildman–Crippen LogP) is 6.67. The number of carbonyl (C=O) groups is 1. The van der Waals surface area contributed by atoms with Crippen LogP contribution >= 0.6 is 11.8 Å². The van der Waals surface area contributed by atoms with Gasteiger partial charge in [-0.25, -0.2) is 0 Å². The maximum atomic E-state index is 13.2. The van der Waals surface area contributed by atoms with Crippen LogP contribution in [0.4, 0.5) is 13.2 Å². The van der Waals surface area contributed by atoms with Crippen molar-refractivity contribution in [2.45, 2.75) is 49.3 Å². The van der Waals surface area contributed by atoms with Crippen molar-refractivity contribution >= 4 is 28.6 Å². The zero-order valence-electron chi connectivity index (χ0n) is 22.4. The molecule has 0 bridgehead atoms. The molecular formula is C30H35F3N2O4S. The van der Waals surface area contributed by atoms with Crippen LogP contribution < -0.4 is 4.74 Å². The Balaban J connectivity index is 1.31. The highest BCUT2D eigenvalue weighted by molar-refractivity contribution is 7.99. The number of rotatable bonds is 12. The molecule has 3 atom stereocenters. The molecule has 216 valence electrons. The van der Waals surface area contributed by atoms with E-state index in [0.29, 0.717) is 43.9 Å². The lowest BCUT2D eigenvalue weighted by atomic mass is 9.79. The summed E-state index contributed by atoms with van der Waals surface area (Å²) in [6.07, 6.45) is -0.618. The monoisotopic (exact) mass is 576 g/mol. The molecule has 6 nitrogen and oxygen atoms in total. The van der Waals surface area contributed by atoms with Crippen molar-refractivity contribution in [3.8, 4) is 5.75 Å². The third-order valence-electron chi connectivity index (χ3n) is 7.63. The molecule has 4 rings (SSSR count). The fourth-order valence-corrected chi connectivity index (χ4v) is 6.59. The van der Waals surface area contributed by atoms with Gasteiger partial charge in [-0.15, -0.1) is 11.8 Å². The van der Waals surface area contributed by atoms with Crippen molar-refractivity contribution in [2.24, 2.45) is 11.8 Å². The Bertz CT molecular complexity index is 1290. The topological polar surface area (TPSA) is 82.9 Å². The van der Waals surface area contributed by atoms with Gasteiger partial charge in [-0.05, 0) is 98.3 Å². The number of thioether (sulfide) groups is 1. The van der Waals surface area contributed by atoms with Crippen LogP contribution in [0.5, 0.6) is 5.75 Å². The number of aliphatic carboxylic acids is 1. The number of likely N-dealkylation sites (tertiary alicyclic amines) is 1. The molecule has 2 heterocycles. The van der Waals surface area contributed by atoms with Crippen molar-refractivity contribution in [3.05, 3.63) is 65.9 Å². The predicted molar refractivity (Wildman–Crippen MR) is 150 cm³/mol. The number of methoxy groups -OCH3 is 1. The van der Waals surface area contributed by atoms with Gasteiger partial charge in [0.25, 0.3) is 0 Å². The number of carboxylic acid groups (broad SMARTS) is 1. The van der Waals surface area contributed by atoms with Gasteiger partial charge >= 0.3 is 12.1 Å². The minimum Gasteiger partial charge on any atom is -0.497 e. The zero-order valence-corrected chi connectivity index (χ0v) is 23.3. The molecule has 1 aromatic heterocycles. The van der Waals surface area contributed by atoms with Gasteiger partial charge in [-0.2, -0.15) is 13.2 Å². The second kappa shape index (κ2) is 13.7. The number of fused-ring (bicyclic) bond motifs is 1. The van der Waals surface area contributed by atoms with Gasteiger partial charge in [-0.3, -0.25) is 9.78 Å². The summed E-state index contributed by atoms with van der Waals surface area (Å²) in [4.78, 5) is 18.5. The summed E-state index contributed by atoms with van der Waals surface area (Å²) < 4.78 is 45.1. The first-order chi connectivity index (χ1) is 19.2. The zero-order chi connectivity index (χ0) is 28.7. The first-order valence-electron chi connectivity index (χ1n) is 13.5. The molecule has 1 aliphatic rings. The number of hydrogen-bond donors (Lipinski definition) is 2. The molecule has 0 saturated carbocycles. The van der Waals surface area contributed by atoms with Crippen LogP contribution in [0.1, 0.15) is 49.3 Å². The van der Waals surface area contributed by atoms with E-state index in [0.717, 1.165) is 35.5 Å². The van der Waals surface area contributed by atoms with Gasteiger partial charge in [0.05, 0.1) is 24.3 Å². The van der Waals surface area contributed by atoms with Crippen LogP contribution in [0.2, 0.25) is 0 Å². The number of carboxylic acids is 1. The summed E-state index contributed by atoms with van der Waals surface area (Å²) in [5, 5.41) is 21.4. The average molecular weight is 577 g/mol. The highest BCUT2D eigenvalue weighted by Gasteiger charge is 2.33. The van der Waals surface area contributed by atoms with Gasteiger partial charge in [0.2, 0.25) is 0 Å². The van der Waals surface area contributed by atoms with Gasteiger partial charge in [-0.1, -0.05) is 12.1 Å². The fraction of sp³-hybridized carbons (Fsp3) is 0.467. The summed E-state index contributed by atoms with van der Waals surface area (Å²) in [6, 6.07) is 13.0. The smallest absolute Gasteiger partial charge is 0.417 e. The van der Waals surface area contributed by atoms with Gasteiger partial charge in [0.15, 0.2) is 0 Å². The van der Waals surface area contributed by atoms with E-state index >= 15 is 0 Å². The summed E-state index contributed by atoms with van der Waals surface area (Å²) in [6.45, 7) is 2.14. The summed E-state index contributed by atoms with van der Waals surface area (Å²) in [5.74, 6) is 0.506. The van der Waals surface area contributed by atoms with Crippen molar-refractivity contribution in [2.75, 3.05) is 32.5 Å². The third kappa shape index (κ3) is 7.89. The molecule has 1 aliphatic heterocycles. The number of aromatic nitrogens is 1. The normalized spacial score (nSPS) is 19.0. The second-order valence-electron chi connectivity index (χ2n) is 10.3. The van der Waals surface area contributed by atoms with Crippen molar-refractivity contribution < 1.29 is 32.9 Å². The Labute approximate surface area is 236 Å². The van der Waals surface area contributed by atoms with Gasteiger partial charge < -0.3 is 19.8 Å². The molecular weight excluding hydrogens is 541 g/mol. The van der Waals surface area contributed by atoms with E-state index in [4.69, 9.17) is 4.74 Å². The molecule has 2 N–H and O–H groups in total. The highest BCUT2D eigenvalue weighted by Crippen LogP contribution is 2.37. The Hall–Kier alpha value is -2.82. The number of aliphatic hydroxyl groups excluding tert-OH is 1. The van der Waals surface area contributed by atoms with Crippen LogP contribution in [0, 0.1) is 11.8 Å². The van der Waals surface area contributed by atoms with Crippen LogP contribution in [-0.2, 0) is 11.0 Å². The van der Waals surface area contributed by atoms with E-state index in [9.17, 15) is 28.2 Å². The molecule has 1 saturated heterocycles. The van der Waals surface area contributed by atoms with Crippen LogP contribution in [0.3, 0.4) is 0 Å². The third-order valence-corrected chi connectivity index (χ3v) is 8.79. The number of alkyl halides is 3. The summed E-state index contributed by atoms with van der Waals surface area (Å²) in [5.41, 5.74) is 0.943. The Kier molecular flexibility index (Phi) is 10.3. The van der Waals surface area contributed by atoms with E-state index in [-0.39, 0.29) is 23.2 Å². The maximum absolute atomic E-state index is 13.2. The lowest BCUT2D eigenvalue weighted by Crippen LogP contribution is -2.42. The summed E-state index contributed by atoms with van der Waals surface area (Å²) in [7, 11) is 1.59. The fourth-order valence-electron chi connectivity index (χ4n) is 5.58. The Morgan fingerprint density at radius 2 is 2.00 bits per heavy atom. The number of benzene rings is 2. The number of halogens is 3. The average Bonchev–Trinajstić information content (AvgIpc) is 2.93. The number of aliphatic hydroxyl groups is 1. The Morgan fingerprint density at radius 3 is 2.75 bits per heavy atom. The molecule has 0 aliphatic carbocycles. The molecule has 0 radical (unpaired) electrons. The number of pyridine rings is 1. The SMILES string of the molecule is COc1ccc2nccc([C@H](O)CC[C@@H]3CCN(CCCSc4ccccc4C(F)(F)F)C[C@@H]3CC(=O)O)c2c1. The van der Waals surface area contributed by atoms with Crippen molar-refractivity contribution in [1.29, 1.82) is 0 Å². The standard InChI is InChI=1S/C30H35F3N2O4S/c1-39-22-8-9-26-24(18-22)23(11-13-34-26)27(36)10-7-20-12-15-35(19-21(20)17-29(37)38)14-4-16-40-28-6-3-2-5-25(28)30(31,32)33/h2-3,5-6,8-9,11,13,18,20-21,27,36H,4,7,10,12,14-17,19H2,1H3,(H,37,38)/t20-,21+,27-/m1/s1. The number of nitrogens with zero attached hydrogens (tertiary/aromatic N) is 2. The molecule has 0 spiro atoms. The molecule has 0 unspecified atom stereocenters. The minimum atomic E-state index is -4.37. The summed E-state index contributed by atoms with van der Waals surface area (Å²) >= 11 is 1.21. The number of piperidine rings is 1. The van der Waals surface area contributed by atoms with E-state index in [1.807, 2.05) is 24.3 Å². The highest BCUT2D eigenvalue weighted by atomic mass is 32.2. The largest absolute Gasteiger partial charge is 0.497 e. The first-order valence-corrected chi connectivity index (χ1v) is 14.5. The molecule has 1 fully saturated rings. The van der Waals surface area contributed by atoms with Crippen LogP contribution in [0.25, 0.3) is 10.9 Å². The van der Waals surface area contributed by atoms with E-state index in [1.54, 1.807) is 19.4 Å². The lowest BCUT2D eigenvalue weighted by Gasteiger charge is -2.38. The molecule has 0 amide bonds. The molecule has 40 heavy (non-hydrogen) atoms. The van der Waals surface area contributed by atoms with Crippen LogP contribution in [-0.4, -0.2) is 58.6 Å². The minimum absolute atomic E-state index is 0.0497. The van der Waals surface area contributed by atoms with E-state index < -0.39 is 23.8 Å². The van der Waals surface area contributed by atoms with Crippen molar-refractivity contribution in [1.82, 2.24) is 9.88 Å². The van der Waals surface area contributed by atoms with Crippen molar-refractivity contribution in [3.63, 3.8) is 0 Å². The maximum Gasteiger partial charge on any atom is 0.417 e. The quantitative estimate of drug-likeness (QED) is 0.184. The molecule has 3 aromatic rings. The molecule has 2 aromatic carbocycles. The lowest BCUT2D eigenvalue weighted by molar-refractivity contribution is -0.140. The second-order valence-corrected chi connectivity index (χ2v) is 11.4. The molecule has 10 heteroatoms. The van der Waals surface area contributed by atoms with E-state index in [1.165, 1.54) is 23.9 Å².